The molecule has 0 saturated carbocycles. The predicted molar refractivity (Wildman–Crippen MR) is 90.1 cm³/mol. The number of nitrogens with one attached hydrogen (secondary N) is 1. The average molecular weight is 304 g/mol. The molecule has 4 nitrogen and oxygen atoms in total. The summed E-state index contributed by atoms with van der Waals surface area (Å²) in [5.74, 6) is 0.00361. The zero-order valence-corrected chi connectivity index (χ0v) is 13.9. The van der Waals surface area contributed by atoms with Gasteiger partial charge < -0.3 is 10.4 Å². The second-order valence-corrected chi connectivity index (χ2v) is 6.30. The van der Waals surface area contributed by atoms with Crippen molar-refractivity contribution in [1.82, 2.24) is 4.90 Å². The Labute approximate surface area is 133 Å². The Kier molecular flexibility index (Phi) is 5.98. The number of carbonyl (C=O) groups is 1. The molecular formula is C18H28N2O2. The Bertz CT molecular complexity index is 516. The molecule has 1 amide bonds. The summed E-state index contributed by atoms with van der Waals surface area (Å²) in [7, 11) is 0. The summed E-state index contributed by atoms with van der Waals surface area (Å²) in [6, 6.07) is 6.06. The maximum absolute atomic E-state index is 12.4. The second-order valence-electron chi connectivity index (χ2n) is 6.30. The summed E-state index contributed by atoms with van der Waals surface area (Å²) < 4.78 is 0. The number of carbonyl (C=O) groups excluding carboxylic acids is 1. The normalized spacial score (nSPS) is 20.6. The first-order valence-corrected chi connectivity index (χ1v) is 8.31. The SMILES string of the molecule is CCC(O)C1CCCCN1CC(=O)Nc1cccc(C)c1C. The Balaban J connectivity index is 1.99. The van der Waals surface area contributed by atoms with Crippen molar-refractivity contribution >= 4 is 11.6 Å². The number of rotatable bonds is 5. The molecule has 1 aromatic rings. The summed E-state index contributed by atoms with van der Waals surface area (Å²) in [6.07, 6.45) is 3.61. The average Bonchev–Trinajstić information content (AvgIpc) is 2.51. The first kappa shape index (κ1) is 17.0. The number of benzene rings is 1. The van der Waals surface area contributed by atoms with Gasteiger partial charge in [-0.05, 0) is 56.8 Å². The van der Waals surface area contributed by atoms with E-state index in [4.69, 9.17) is 0 Å². The maximum Gasteiger partial charge on any atom is 0.238 e. The van der Waals surface area contributed by atoms with E-state index < -0.39 is 0 Å². The van der Waals surface area contributed by atoms with Crippen molar-refractivity contribution in [3.05, 3.63) is 29.3 Å². The number of aliphatic hydroxyl groups is 1. The maximum atomic E-state index is 12.4. The standard InChI is InChI=1S/C18H28N2O2/c1-4-17(21)16-10-5-6-11-20(16)12-18(22)19-15-9-7-8-13(2)14(15)3/h7-9,16-17,21H,4-6,10-12H2,1-3H3,(H,19,22). The fourth-order valence-electron chi connectivity index (χ4n) is 3.18. The van der Waals surface area contributed by atoms with Crippen LogP contribution in [0.2, 0.25) is 0 Å². The van der Waals surface area contributed by atoms with E-state index in [1.165, 1.54) is 5.56 Å². The first-order valence-electron chi connectivity index (χ1n) is 8.31. The lowest BCUT2D eigenvalue weighted by molar-refractivity contribution is -0.119. The van der Waals surface area contributed by atoms with Gasteiger partial charge in [-0.15, -0.1) is 0 Å². The van der Waals surface area contributed by atoms with Crippen molar-refractivity contribution in [3.63, 3.8) is 0 Å². The molecule has 1 aromatic carbocycles. The summed E-state index contributed by atoms with van der Waals surface area (Å²) in [6.45, 7) is 7.31. The number of likely N-dealkylation sites (tertiary alicyclic amines) is 1. The number of amides is 1. The number of hydrogen-bond acceptors (Lipinski definition) is 3. The van der Waals surface area contributed by atoms with E-state index >= 15 is 0 Å². The molecule has 2 atom stereocenters. The van der Waals surface area contributed by atoms with Crippen LogP contribution in [0.4, 0.5) is 5.69 Å². The summed E-state index contributed by atoms with van der Waals surface area (Å²) in [5.41, 5.74) is 3.17. The molecule has 0 aromatic heterocycles. The number of aliphatic hydroxyl groups excluding tert-OH is 1. The van der Waals surface area contributed by atoms with Crippen molar-refractivity contribution in [2.75, 3.05) is 18.4 Å². The van der Waals surface area contributed by atoms with Gasteiger partial charge in [-0.3, -0.25) is 9.69 Å². The molecule has 1 fully saturated rings. The van der Waals surface area contributed by atoms with Gasteiger partial charge in [0, 0.05) is 11.7 Å². The van der Waals surface area contributed by atoms with E-state index in [1.54, 1.807) is 0 Å². The predicted octanol–water partition coefficient (Wildman–Crippen LogP) is 2.87. The van der Waals surface area contributed by atoms with Crippen LogP contribution in [0.5, 0.6) is 0 Å². The number of aryl methyl sites for hydroxylation is 1. The van der Waals surface area contributed by atoms with Gasteiger partial charge in [0.2, 0.25) is 5.91 Å². The number of piperidine rings is 1. The zero-order chi connectivity index (χ0) is 16.1. The van der Waals surface area contributed by atoms with Crippen molar-refractivity contribution in [2.24, 2.45) is 0 Å². The number of hydrogen-bond donors (Lipinski definition) is 2. The Morgan fingerprint density at radius 3 is 2.91 bits per heavy atom. The highest BCUT2D eigenvalue weighted by Crippen LogP contribution is 2.22. The quantitative estimate of drug-likeness (QED) is 0.879. The molecule has 22 heavy (non-hydrogen) atoms. The van der Waals surface area contributed by atoms with Crippen LogP contribution in [0.3, 0.4) is 0 Å². The lowest BCUT2D eigenvalue weighted by Crippen LogP contribution is -2.49. The molecule has 2 N–H and O–H groups in total. The van der Waals surface area contributed by atoms with E-state index in [2.05, 4.69) is 10.2 Å². The number of anilines is 1. The molecule has 1 aliphatic heterocycles. The Morgan fingerprint density at radius 1 is 1.41 bits per heavy atom. The van der Waals surface area contributed by atoms with E-state index in [0.29, 0.717) is 6.54 Å². The molecule has 1 saturated heterocycles. The van der Waals surface area contributed by atoms with E-state index in [1.807, 2.05) is 39.0 Å². The fourth-order valence-corrected chi connectivity index (χ4v) is 3.18. The highest BCUT2D eigenvalue weighted by atomic mass is 16.3. The van der Waals surface area contributed by atoms with E-state index in [9.17, 15) is 9.90 Å². The lowest BCUT2D eigenvalue weighted by Gasteiger charge is -2.37. The van der Waals surface area contributed by atoms with Crippen molar-refractivity contribution in [1.29, 1.82) is 0 Å². The van der Waals surface area contributed by atoms with Gasteiger partial charge in [0.1, 0.15) is 0 Å². The van der Waals surface area contributed by atoms with Crippen LogP contribution >= 0.6 is 0 Å². The van der Waals surface area contributed by atoms with Crippen molar-refractivity contribution < 1.29 is 9.90 Å². The minimum absolute atomic E-state index is 0.00361. The molecule has 0 spiro atoms. The van der Waals surface area contributed by atoms with E-state index in [-0.39, 0.29) is 18.1 Å². The molecule has 0 bridgehead atoms. The van der Waals surface area contributed by atoms with Gasteiger partial charge in [-0.1, -0.05) is 25.5 Å². The van der Waals surface area contributed by atoms with Gasteiger partial charge in [0.15, 0.2) is 0 Å². The molecule has 0 aliphatic carbocycles. The summed E-state index contributed by atoms with van der Waals surface area (Å²) in [4.78, 5) is 14.5. The molecular weight excluding hydrogens is 276 g/mol. The lowest BCUT2D eigenvalue weighted by atomic mass is 9.96. The van der Waals surface area contributed by atoms with Crippen LogP contribution in [-0.4, -0.2) is 41.1 Å². The summed E-state index contributed by atoms with van der Waals surface area (Å²) >= 11 is 0. The van der Waals surface area contributed by atoms with Crippen molar-refractivity contribution in [3.8, 4) is 0 Å². The molecule has 2 unspecified atom stereocenters. The van der Waals surface area contributed by atoms with Gasteiger partial charge in [-0.25, -0.2) is 0 Å². The van der Waals surface area contributed by atoms with Crippen LogP contribution < -0.4 is 5.32 Å². The summed E-state index contributed by atoms with van der Waals surface area (Å²) in [5, 5.41) is 13.2. The Morgan fingerprint density at radius 2 is 2.18 bits per heavy atom. The molecule has 1 aliphatic rings. The second kappa shape index (κ2) is 7.75. The topological polar surface area (TPSA) is 52.6 Å². The zero-order valence-electron chi connectivity index (χ0n) is 13.9. The van der Waals surface area contributed by atoms with E-state index in [0.717, 1.165) is 43.5 Å². The monoisotopic (exact) mass is 304 g/mol. The van der Waals surface area contributed by atoms with Gasteiger partial charge in [0.25, 0.3) is 0 Å². The molecule has 1 heterocycles. The van der Waals surface area contributed by atoms with Gasteiger partial charge in [-0.2, -0.15) is 0 Å². The Hall–Kier alpha value is -1.39. The third-order valence-corrected chi connectivity index (χ3v) is 4.75. The minimum atomic E-state index is -0.339. The molecule has 0 radical (unpaired) electrons. The highest BCUT2D eigenvalue weighted by Gasteiger charge is 2.29. The van der Waals surface area contributed by atoms with Gasteiger partial charge in [0.05, 0.1) is 12.6 Å². The number of nitrogens with zero attached hydrogens (tertiary/aromatic N) is 1. The molecule has 4 heteroatoms. The first-order chi connectivity index (χ1) is 10.5. The molecule has 122 valence electrons. The minimum Gasteiger partial charge on any atom is -0.392 e. The van der Waals surface area contributed by atoms with Crippen LogP contribution in [0.1, 0.15) is 43.7 Å². The van der Waals surface area contributed by atoms with Crippen LogP contribution in [0, 0.1) is 13.8 Å². The van der Waals surface area contributed by atoms with Gasteiger partial charge >= 0.3 is 0 Å². The smallest absolute Gasteiger partial charge is 0.238 e. The fraction of sp³-hybridized carbons (Fsp3) is 0.611. The third kappa shape index (κ3) is 4.08. The van der Waals surface area contributed by atoms with Crippen LogP contribution in [0.25, 0.3) is 0 Å². The van der Waals surface area contributed by atoms with Crippen LogP contribution in [0.15, 0.2) is 18.2 Å². The largest absolute Gasteiger partial charge is 0.392 e. The third-order valence-electron chi connectivity index (χ3n) is 4.75. The highest BCUT2D eigenvalue weighted by molar-refractivity contribution is 5.93. The van der Waals surface area contributed by atoms with Crippen LogP contribution in [-0.2, 0) is 4.79 Å². The van der Waals surface area contributed by atoms with Crippen molar-refractivity contribution in [2.45, 2.75) is 58.6 Å². The molecule has 2 rings (SSSR count).